The van der Waals surface area contributed by atoms with Crippen LogP contribution in [0.1, 0.15) is 23.2 Å². The van der Waals surface area contributed by atoms with Gasteiger partial charge < -0.3 is 9.84 Å². The summed E-state index contributed by atoms with van der Waals surface area (Å²) >= 11 is 7.50. The van der Waals surface area contributed by atoms with Crippen LogP contribution in [0.5, 0.6) is 0 Å². The summed E-state index contributed by atoms with van der Waals surface area (Å²) in [6.07, 6.45) is 0. The molecule has 0 spiro atoms. The highest BCUT2D eigenvalue weighted by Gasteiger charge is 2.13. The lowest BCUT2D eigenvalue weighted by molar-refractivity contribution is 0.0943. The second kappa shape index (κ2) is 8.18. The first kappa shape index (κ1) is 17.5. The molecule has 3 aromatic rings. The van der Waals surface area contributed by atoms with E-state index < -0.39 is 0 Å². The van der Waals surface area contributed by atoms with E-state index in [-0.39, 0.29) is 12.5 Å². The van der Waals surface area contributed by atoms with Crippen molar-refractivity contribution in [2.24, 2.45) is 0 Å². The summed E-state index contributed by atoms with van der Waals surface area (Å²) in [6.45, 7) is 2.22. The maximum absolute atomic E-state index is 12.4. The van der Waals surface area contributed by atoms with E-state index in [1.54, 1.807) is 30.0 Å². The van der Waals surface area contributed by atoms with E-state index in [1.165, 1.54) is 0 Å². The van der Waals surface area contributed by atoms with E-state index in [2.05, 4.69) is 22.4 Å². The number of aromatic nitrogens is 2. The molecule has 1 amide bonds. The van der Waals surface area contributed by atoms with Crippen molar-refractivity contribution in [1.82, 2.24) is 15.5 Å². The van der Waals surface area contributed by atoms with Crippen molar-refractivity contribution in [3.63, 3.8) is 0 Å². The second-order valence-electron chi connectivity index (χ2n) is 5.13. The van der Waals surface area contributed by atoms with Gasteiger partial charge in [0.05, 0.1) is 12.1 Å². The highest BCUT2D eigenvalue weighted by molar-refractivity contribution is 7.99. The Bertz CT molecular complexity index is 865. The molecule has 0 fully saturated rings. The van der Waals surface area contributed by atoms with Gasteiger partial charge in [0, 0.05) is 15.5 Å². The Morgan fingerprint density at radius 2 is 1.96 bits per heavy atom. The van der Waals surface area contributed by atoms with E-state index >= 15 is 0 Å². The predicted octanol–water partition coefficient (Wildman–Crippen LogP) is 4.43. The van der Waals surface area contributed by atoms with E-state index in [9.17, 15) is 4.79 Å². The minimum absolute atomic E-state index is 0.164. The number of hydrogen-bond donors (Lipinski definition) is 1. The first-order valence-corrected chi connectivity index (χ1v) is 9.12. The fourth-order valence-electron chi connectivity index (χ4n) is 2.23. The molecule has 0 saturated heterocycles. The molecule has 1 heterocycles. The summed E-state index contributed by atoms with van der Waals surface area (Å²) in [5.41, 5.74) is 1.45. The van der Waals surface area contributed by atoms with Gasteiger partial charge in [0.2, 0.25) is 11.7 Å². The average molecular weight is 374 g/mol. The minimum atomic E-state index is -0.164. The van der Waals surface area contributed by atoms with Gasteiger partial charge in [-0.1, -0.05) is 35.8 Å². The predicted molar refractivity (Wildman–Crippen MR) is 98.8 cm³/mol. The molecule has 7 heteroatoms. The number of carbonyl (C=O) groups excluding carboxylic acids is 1. The van der Waals surface area contributed by atoms with Gasteiger partial charge in [0.1, 0.15) is 0 Å². The van der Waals surface area contributed by atoms with Crippen molar-refractivity contribution in [1.29, 1.82) is 0 Å². The van der Waals surface area contributed by atoms with Crippen LogP contribution in [0.2, 0.25) is 5.02 Å². The fraction of sp³-hybridized carbons (Fsp3) is 0.167. The summed E-state index contributed by atoms with van der Waals surface area (Å²) in [5.74, 6) is 1.54. The van der Waals surface area contributed by atoms with Gasteiger partial charge in [0.25, 0.3) is 5.91 Å². The van der Waals surface area contributed by atoms with Crippen molar-refractivity contribution in [2.75, 3.05) is 5.75 Å². The Hall–Kier alpha value is -2.31. The zero-order chi connectivity index (χ0) is 17.6. The lowest BCUT2D eigenvalue weighted by Gasteiger charge is -2.07. The number of amides is 1. The smallest absolute Gasteiger partial charge is 0.252 e. The van der Waals surface area contributed by atoms with Gasteiger partial charge in [-0.05, 0) is 42.2 Å². The number of nitrogens with zero attached hydrogens (tertiary/aromatic N) is 2. The van der Waals surface area contributed by atoms with E-state index in [0.29, 0.717) is 22.3 Å². The summed E-state index contributed by atoms with van der Waals surface area (Å²) in [7, 11) is 0. The van der Waals surface area contributed by atoms with Gasteiger partial charge in [-0.15, -0.1) is 11.8 Å². The number of hydrogen-bond acceptors (Lipinski definition) is 5. The molecular formula is C18H16ClN3O2S. The topological polar surface area (TPSA) is 68.0 Å². The Balaban J connectivity index is 1.66. The quantitative estimate of drug-likeness (QED) is 0.647. The van der Waals surface area contributed by atoms with Gasteiger partial charge in [-0.3, -0.25) is 4.79 Å². The molecule has 0 atom stereocenters. The molecule has 0 aliphatic carbocycles. The molecule has 0 unspecified atom stereocenters. The number of benzene rings is 2. The van der Waals surface area contributed by atoms with Crippen LogP contribution in [0.3, 0.4) is 0 Å². The summed E-state index contributed by atoms with van der Waals surface area (Å²) in [6, 6.07) is 14.7. The molecule has 0 saturated carbocycles. The molecule has 1 N–H and O–H groups in total. The molecule has 5 nitrogen and oxygen atoms in total. The molecule has 128 valence electrons. The molecule has 1 aromatic heterocycles. The fourth-order valence-corrected chi connectivity index (χ4v) is 3.16. The standard InChI is InChI=1S/C18H16ClN3O2S/c1-2-25-15-6-4-3-5-14(15)18(23)20-11-16-21-17(22-24-16)12-7-9-13(19)10-8-12/h3-10H,2,11H2,1H3,(H,20,23). The normalized spacial score (nSPS) is 10.6. The molecule has 2 aromatic carbocycles. The number of nitrogens with one attached hydrogen (secondary N) is 1. The summed E-state index contributed by atoms with van der Waals surface area (Å²) in [4.78, 5) is 17.6. The van der Waals surface area contributed by atoms with Crippen LogP contribution < -0.4 is 5.32 Å². The summed E-state index contributed by atoms with van der Waals surface area (Å²) < 4.78 is 5.20. The summed E-state index contributed by atoms with van der Waals surface area (Å²) in [5, 5.41) is 7.39. The largest absolute Gasteiger partial charge is 0.343 e. The van der Waals surface area contributed by atoms with Crippen LogP contribution in [0.4, 0.5) is 0 Å². The monoisotopic (exact) mass is 373 g/mol. The molecule has 0 aliphatic heterocycles. The van der Waals surface area contributed by atoms with Gasteiger partial charge >= 0.3 is 0 Å². The Morgan fingerprint density at radius 1 is 1.20 bits per heavy atom. The van der Waals surface area contributed by atoms with Crippen molar-refractivity contribution in [2.45, 2.75) is 18.4 Å². The molecule has 0 bridgehead atoms. The Kier molecular flexibility index (Phi) is 5.73. The molecule has 0 radical (unpaired) electrons. The Labute approximate surface area is 154 Å². The van der Waals surface area contributed by atoms with Crippen molar-refractivity contribution in [3.05, 3.63) is 65.0 Å². The average Bonchev–Trinajstić information content (AvgIpc) is 3.10. The van der Waals surface area contributed by atoms with Crippen molar-refractivity contribution in [3.8, 4) is 11.4 Å². The molecule has 3 rings (SSSR count). The third-order valence-corrected chi connectivity index (χ3v) is 4.61. The third-order valence-electron chi connectivity index (χ3n) is 3.40. The van der Waals surface area contributed by atoms with Gasteiger partial charge in [0.15, 0.2) is 0 Å². The number of thioether (sulfide) groups is 1. The zero-order valence-electron chi connectivity index (χ0n) is 13.5. The van der Waals surface area contributed by atoms with E-state index in [4.69, 9.17) is 16.1 Å². The molecular weight excluding hydrogens is 358 g/mol. The van der Waals surface area contributed by atoms with Crippen molar-refractivity contribution < 1.29 is 9.32 Å². The van der Waals surface area contributed by atoms with Crippen LogP contribution in [0.15, 0.2) is 57.9 Å². The molecule has 0 aliphatic rings. The van der Waals surface area contributed by atoms with Crippen LogP contribution in [-0.4, -0.2) is 21.8 Å². The third kappa shape index (κ3) is 4.41. The zero-order valence-corrected chi connectivity index (χ0v) is 15.1. The lowest BCUT2D eigenvalue weighted by atomic mass is 10.2. The maximum Gasteiger partial charge on any atom is 0.252 e. The van der Waals surface area contributed by atoms with E-state index in [0.717, 1.165) is 16.2 Å². The van der Waals surface area contributed by atoms with Crippen LogP contribution in [0.25, 0.3) is 11.4 Å². The highest BCUT2D eigenvalue weighted by Crippen LogP contribution is 2.22. The number of halogens is 1. The van der Waals surface area contributed by atoms with Gasteiger partial charge in [-0.25, -0.2) is 0 Å². The van der Waals surface area contributed by atoms with Crippen LogP contribution >= 0.6 is 23.4 Å². The van der Waals surface area contributed by atoms with Crippen LogP contribution in [0, 0.1) is 0 Å². The lowest BCUT2D eigenvalue weighted by Crippen LogP contribution is -2.23. The highest BCUT2D eigenvalue weighted by atomic mass is 35.5. The number of rotatable bonds is 6. The minimum Gasteiger partial charge on any atom is -0.343 e. The maximum atomic E-state index is 12.4. The second-order valence-corrected chi connectivity index (χ2v) is 6.87. The van der Waals surface area contributed by atoms with Crippen LogP contribution in [-0.2, 0) is 6.54 Å². The Morgan fingerprint density at radius 3 is 2.72 bits per heavy atom. The first-order valence-electron chi connectivity index (χ1n) is 7.76. The van der Waals surface area contributed by atoms with E-state index in [1.807, 2.05) is 30.3 Å². The SMILES string of the molecule is CCSc1ccccc1C(=O)NCc1nc(-c2ccc(Cl)cc2)no1. The van der Waals surface area contributed by atoms with Gasteiger partial charge in [-0.2, -0.15) is 4.98 Å². The first-order chi connectivity index (χ1) is 12.2. The van der Waals surface area contributed by atoms with Crippen molar-refractivity contribution >= 4 is 29.3 Å². The number of carbonyl (C=O) groups is 1. The molecule has 25 heavy (non-hydrogen) atoms.